The highest BCUT2D eigenvalue weighted by atomic mass is 79.9. The Hall–Kier alpha value is -4.09. The lowest BCUT2D eigenvalue weighted by molar-refractivity contribution is -0.118. The lowest BCUT2D eigenvalue weighted by atomic mass is 10.1. The highest BCUT2D eigenvalue weighted by Gasteiger charge is 2.16. The third-order valence-electron chi connectivity index (χ3n) is 5.46. The monoisotopic (exact) mass is 547 g/mol. The van der Waals surface area contributed by atoms with Gasteiger partial charge in [0.25, 0.3) is 11.8 Å². The van der Waals surface area contributed by atoms with Gasteiger partial charge in [-0.2, -0.15) is 5.26 Å². The number of nitriles is 1. The molecule has 0 heterocycles. The zero-order valence-electron chi connectivity index (χ0n) is 20.4. The number of rotatable bonds is 8. The summed E-state index contributed by atoms with van der Waals surface area (Å²) in [6.07, 6.45) is 1.45. The van der Waals surface area contributed by atoms with Gasteiger partial charge in [0, 0.05) is 11.4 Å². The zero-order chi connectivity index (χ0) is 26.2. The molecule has 2 N–H and O–H groups in total. The second-order valence-electron chi connectivity index (χ2n) is 8.11. The van der Waals surface area contributed by atoms with E-state index in [1.165, 1.54) is 13.2 Å². The number of hydrogen-bond acceptors (Lipinski definition) is 5. The van der Waals surface area contributed by atoms with Gasteiger partial charge in [-0.3, -0.25) is 9.59 Å². The van der Waals surface area contributed by atoms with Gasteiger partial charge in [-0.15, -0.1) is 0 Å². The first-order valence-corrected chi connectivity index (χ1v) is 11.9. The Morgan fingerprint density at radius 1 is 1.06 bits per heavy atom. The van der Waals surface area contributed by atoms with Crippen LogP contribution in [0, 0.1) is 32.1 Å². The van der Waals surface area contributed by atoms with E-state index in [2.05, 4.69) is 26.6 Å². The van der Waals surface area contributed by atoms with Crippen LogP contribution in [-0.4, -0.2) is 25.5 Å². The average Bonchev–Trinajstić information content (AvgIpc) is 2.85. The van der Waals surface area contributed by atoms with E-state index in [0.29, 0.717) is 27.2 Å². The minimum Gasteiger partial charge on any atom is -0.493 e. The first-order chi connectivity index (χ1) is 17.2. The van der Waals surface area contributed by atoms with Gasteiger partial charge >= 0.3 is 0 Å². The normalized spacial score (nSPS) is 10.8. The van der Waals surface area contributed by atoms with Crippen LogP contribution in [0.3, 0.4) is 0 Å². The van der Waals surface area contributed by atoms with Gasteiger partial charge in [-0.25, -0.2) is 0 Å². The van der Waals surface area contributed by atoms with Gasteiger partial charge < -0.3 is 20.1 Å². The van der Waals surface area contributed by atoms with Crippen molar-refractivity contribution in [1.29, 1.82) is 5.26 Å². The molecule has 0 bridgehead atoms. The Balaban J connectivity index is 1.74. The maximum atomic E-state index is 12.6. The van der Waals surface area contributed by atoms with E-state index in [1.54, 1.807) is 24.3 Å². The van der Waals surface area contributed by atoms with Crippen LogP contribution in [0.1, 0.15) is 22.3 Å². The van der Waals surface area contributed by atoms with Gasteiger partial charge in [0.1, 0.15) is 11.6 Å². The summed E-state index contributed by atoms with van der Waals surface area (Å²) in [7, 11) is 1.47. The number of carbonyl (C=O) groups is 2. The van der Waals surface area contributed by atoms with Gasteiger partial charge in [-0.1, -0.05) is 29.8 Å². The molecule has 0 fully saturated rings. The van der Waals surface area contributed by atoms with Crippen molar-refractivity contribution in [2.24, 2.45) is 0 Å². The predicted octanol–water partition coefficient (Wildman–Crippen LogP) is 5.95. The third-order valence-corrected chi connectivity index (χ3v) is 6.05. The van der Waals surface area contributed by atoms with E-state index >= 15 is 0 Å². The molecule has 0 aliphatic carbocycles. The van der Waals surface area contributed by atoms with Crippen molar-refractivity contribution < 1.29 is 19.1 Å². The highest BCUT2D eigenvalue weighted by Crippen LogP contribution is 2.37. The summed E-state index contributed by atoms with van der Waals surface area (Å²) in [5, 5.41) is 15.1. The van der Waals surface area contributed by atoms with Crippen molar-refractivity contribution in [3.8, 4) is 17.6 Å². The molecule has 8 heteroatoms. The van der Waals surface area contributed by atoms with Gasteiger partial charge in [0.2, 0.25) is 0 Å². The highest BCUT2D eigenvalue weighted by molar-refractivity contribution is 9.10. The number of aryl methyl sites for hydroxylation is 2. The predicted molar refractivity (Wildman–Crippen MR) is 144 cm³/mol. The SMILES string of the molecule is COc1cc(/C=C(/C#N)C(=O)Nc2ccc(C)cc2)cc(Br)c1OCC(=O)Nc1cccc(C)c1C. The summed E-state index contributed by atoms with van der Waals surface area (Å²) in [6, 6.07) is 18.2. The van der Waals surface area contributed by atoms with Crippen LogP contribution in [0.15, 0.2) is 64.6 Å². The molecular formula is C28H26BrN3O4. The van der Waals surface area contributed by atoms with E-state index < -0.39 is 5.91 Å². The Kier molecular flexibility index (Phi) is 8.87. The maximum Gasteiger partial charge on any atom is 0.266 e. The molecule has 184 valence electrons. The van der Waals surface area contributed by atoms with E-state index in [0.717, 1.165) is 22.4 Å². The van der Waals surface area contributed by atoms with Crippen molar-refractivity contribution in [3.05, 3.63) is 86.9 Å². The number of nitrogens with zero attached hydrogens (tertiary/aromatic N) is 1. The fourth-order valence-corrected chi connectivity index (χ4v) is 3.90. The van der Waals surface area contributed by atoms with E-state index in [-0.39, 0.29) is 18.1 Å². The number of hydrogen-bond donors (Lipinski definition) is 2. The first kappa shape index (κ1) is 26.5. The second-order valence-corrected chi connectivity index (χ2v) is 8.96. The van der Waals surface area contributed by atoms with Crippen molar-refractivity contribution in [2.75, 3.05) is 24.4 Å². The standard InChI is InChI=1S/C28H26BrN3O4/c1-17-8-10-22(11-9-17)31-28(34)21(15-30)12-20-13-23(29)27(25(14-20)35-4)36-16-26(33)32-24-7-5-6-18(2)19(24)3/h5-14H,16H2,1-4H3,(H,31,34)(H,32,33)/b21-12-. The molecule has 2 amide bonds. The van der Waals surface area contributed by atoms with Crippen molar-refractivity contribution in [1.82, 2.24) is 0 Å². The molecule has 0 aliphatic heterocycles. The van der Waals surface area contributed by atoms with Crippen LogP contribution in [0.5, 0.6) is 11.5 Å². The maximum absolute atomic E-state index is 12.6. The molecule has 3 aromatic rings. The summed E-state index contributed by atoms with van der Waals surface area (Å²) in [5.74, 6) is -0.180. The quantitative estimate of drug-likeness (QED) is 0.268. The van der Waals surface area contributed by atoms with Crippen LogP contribution < -0.4 is 20.1 Å². The summed E-state index contributed by atoms with van der Waals surface area (Å²) < 4.78 is 11.7. The number of nitrogens with one attached hydrogen (secondary N) is 2. The summed E-state index contributed by atoms with van der Waals surface area (Å²) in [6.45, 7) is 5.62. The van der Waals surface area contributed by atoms with Gasteiger partial charge in [-0.05, 0) is 89.8 Å². The lowest BCUT2D eigenvalue weighted by Crippen LogP contribution is -2.21. The Bertz CT molecular complexity index is 1360. The largest absolute Gasteiger partial charge is 0.493 e. The fraction of sp³-hybridized carbons (Fsp3) is 0.179. The van der Waals surface area contributed by atoms with Crippen LogP contribution in [0.25, 0.3) is 6.08 Å². The van der Waals surface area contributed by atoms with Crippen LogP contribution >= 0.6 is 15.9 Å². The molecule has 0 radical (unpaired) electrons. The number of methoxy groups -OCH3 is 1. The van der Waals surface area contributed by atoms with Crippen molar-refractivity contribution in [3.63, 3.8) is 0 Å². The molecule has 0 atom stereocenters. The number of carbonyl (C=O) groups excluding carboxylic acids is 2. The number of halogens is 1. The number of amides is 2. The zero-order valence-corrected chi connectivity index (χ0v) is 22.0. The molecule has 7 nitrogen and oxygen atoms in total. The molecule has 0 unspecified atom stereocenters. The molecule has 3 rings (SSSR count). The fourth-order valence-electron chi connectivity index (χ4n) is 3.32. The summed E-state index contributed by atoms with van der Waals surface area (Å²) >= 11 is 3.44. The van der Waals surface area contributed by atoms with E-state index in [1.807, 2.05) is 57.2 Å². The molecule has 0 saturated heterocycles. The topological polar surface area (TPSA) is 100 Å². The molecular weight excluding hydrogens is 522 g/mol. The van der Waals surface area contributed by atoms with Gasteiger partial charge in [0.05, 0.1) is 11.6 Å². The average molecular weight is 548 g/mol. The number of benzene rings is 3. The summed E-state index contributed by atoms with van der Waals surface area (Å²) in [5.41, 5.74) is 4.90. The number of ether oxygens (including phenoxy) is 2. The molecule has 0 aliphatic rings. The molecule has 3 aromatic carbocycles. The Labute approximate surface area is 218 Å². The van der Waals surface area contributed by atoms with Crippen molar-refractivity contribution >= 4 is 45.2 Å². The van der Waals surface area contributed by atoms with Crippen LogP contribution in [0.4, 0.5) is 11.4 Å². The third kappa shape index (κ3) is 6.74. The molecule has 0 spiro atoms. The first-order valence-electron chi connectivity index (χ1n) is 11.1. The molecule has 36 heavy (non-hydrogen) atoms. The second kappa shape index (κ2) is 12.0. The molecule has 0 saturated carbocycles. The Morgan fingerprint density at radius 2 is 1.78 bits per heavy atom. The lowest BCUT2D eigenvalue weighted by Gasteiger charge is -2.15. The minimum atomic E-state index is -0.528. The van der Waals surface area contributed by atoms with E-state index in [4.69, 9.17) is 9.47 Å². The van der Waals surface area contributed by atoms with Crippen LogP contribution in [0.2, 0.25) is 0 Å². The molecule has 0 aromatic heterocycles. The minimum absolute atomic E-state index is 0.0777. The van der Waals surface area contributed by atoms with Crippen molar-refractivity contribution in [2.45, 2.75) is 20.8 Å². The van der Waals surface area contributed by atoms with E-state index in [9.17, 15) is 14.9 Å². The van der Waals surface area contributed by atoms with Gasteiger partial charge in [0.15, 0.2) is 18.1 Å². The Morgan fingerprint density at radius 3 is 2.44 bits per heavy atom. The smallest absolute Gasteiger partial charge is 0.266 e. The summed E-state index contributed by atoms with van der Waals surface area (Å²) in [4.78, 5) is 25.1. The number of anilines is 2. The van der Waals surface area contributed by atoms with Crippen LogP contribution in [-0.2, 0) is 9.59 Å².